The molecule has 1 spiro atoms. The molecule has 0 N–H and O–H groups in total. The molecular formula is C18H17F3N4O2. The molecule has 1 atom stereocenters. The molecule has 0 unspecified atom stereocenters. The summed E-state index contributed by atoms with van der Waals surface area (Å²) in [7, 11) is 0. The molecule has 0 bridgehead atoms. The fourth-order valence-corrected chi connectivity index (χ4v) is 3.93. The molecule has 0 saturated carbocycles. The highest BCUT2D eigenvalue weighted by molar-refractivity contribution is 6.03. The van der Waals surface area contributed by atoms with Crippen molar-refractivity contribution < 1.29 is 22.8 Å². The lowest BCUT2D eigenvalue weighted by Gasteiger charge is -2.38. The normalized spacial score (nSPS) is 24.7. The van der Waals surface area contributed by atoms with Crippen LogP contribution in [0.4, 0.5) is 13.2 Å². The molecule has 2 heterocycles. The molecule has 0 aromatic carbocycles. The number of nitrogens with zero attached hydrogens (tertiary/aromatic N) is 4. The third kappa shape index (κ3) is 3.44. The van der Waals surface area contributed by atoms with E-state index < -0.39 is 28.7 Å². The minimum atomic E-state index is -4.67. The number of carbonyl (C=O) groups is 2. The van der Waals surface area contributed by atoms with Crippen molar-refractivity contribution in [1.29, 1.82) is 5.26 Å². The van der Waals surface area contributed by atoms with Gasteiger partial charge in [-0.2, -0.15) is 18.4 Å². The summed E-state index contributed by atoms with van der Waals surface area (Å²) >= 11 is 0. The van der Waals surface area contributed by atoms with Crippen LogP contribution in [0.3, 0.4) is 0 Å². The van der Waals surface area contributed by atoms with Gasteiger partial charge in [0.15, 0.2) is 5.78 Å². The summed E-state index contributed by atoms with van der Waals surface area (Å²) < 4.78 is 37.7. The fourth-order valence-electron chi connectivity index (χ4n) is 3.93. The first-order chi connectivity index (χ1) is 12.5. The number of halogens is 3. The van der Waals surface area contributed by atoms with Crippen LogP contribution in [-0.2, 0) is 11.0 Å². The molecule has 1 saturated heterocycles. The van der Waals surface area contributed by atoms with Gasteiger partial charge in [0, 0.05) is 36.3 Å². The average Bonchev–Trinajstić information content (AvgIpc) is 2.99. The van der Waals surface area contributed by atoms with Crippen LogP contribution in [0.2, 0.25) is 0 Å². The lowest BCUT2D eigenvalue weighted by molar-refractivity contribution is -0.145. The second-order valence-corrected chi connectivity index (χ2v) is 7.69. The van der Waals surface area contributed by atoms with Crippen molar-refractivity contribution >= 4 is 11.7 Å². The van der Waals surface area contributed by atoms with Crippen molar-refractivity contribution in [2.75, 3.05) is 13.1 Å². The summed E-state index contributed by atoms with van der Waals surface area (Å²) in [5.74, 6) is -1.98. The zero-order valence-corrected chi connectivity index (χ0v) is 14.8. The van der Waals surface area contributed by atoms with E-state index in [-0.39, 0.29) is 23.5 Å². The lowest BCUT2D eigenvalue weighted by atomic mass is 9.64. The van der Waals surface area contributed by atoms with E-state index in [1.54, 1.807) is 19.9 Å². The molecule has 1 aliphatic heterocycles. The predicted octanol–water partition coefficient (Wildman–Crippen LogP) is 2.78. The van der Waals surface area contributed by atoms with Crippen LogP contribution in [0.5, 0.6) is 0 Å². The molecule has 1 fully saturated rings. The van der Waals surface area contributed by atoms with E-state index in [0.717, 1.165) is 12.4 Å². The molecule has 6 nitrogen and oxygen atoms in total. The van der Waals surface area contributed by atoms with Gasteiger partial charge in [-0.1, -0.05) is 19.9 Å². The molecule has 9 heteroatoms. The number of allylic oxidation sites excluding steroid dienone is 1. The summed E-state index contributed by atoms with van der Waals surface area (Å²) in [6.45, 7) is 4.21. The SMILES string of the molecule is CC1(C)C[C@@]2(C=C(C#N)C1=O)CCN(C(=O)c1cnc(C(F)(F)F)nc1)C2. The molecule has 27 heavy (non-hydrogen) atoms. The van der Waals surface area contributed by atoms with Gasteiger partial charge < -0.3 is 4.90 Å². The van der Waals surface area contributed by atoms with E-state index in [1.165, 1.54) is 4.90 Å². The second-order valence-electron chi connectivity index (χ2n) is 7.69. The lowest BCUT2D eigenvalue weighted by Crippen LogP contribution is -2.40. The molecule has 0 radical (unpaired) electrons. The largest absolute Gasteiger partial charge is 0.451 e. The standard InChI is InChI=1S/C18H17F3N4O2/c1-16(2)9-17(5-11(6-22)13(16)26)3-4-25(10-17)14(27)12-7-23-15(24-8-12)18(19,20)21/h5,7-8H,3-4,9-10H2,1-2H3/t17-/m0/s1. The smallest absolute Gasteiger partial charge is 0.338 e. The molecule has 1 aromatic rings. The van der Waals surface area contributed by atoms with Gasteiger partial charge >= 0.3 is 6.18 Å². The minimum Gasteiger partial charge on any atom is -0.338 e. The van der Waals surface area contributed by atoms with Gasteiger partial charge in [-0.3, -0.25) is 9.59 Å². The Hall–Kier alpha value is -2.76. The van der Waals surface area contributed by atoms with Crippen molar-refractivity contribution in [3.8, 4) is 6.07 Å². The highest BCUT2D eigenvalue weighted by atomic mass is 19.4. The van der Waals surface area contributed by atoms with Gasteiger partial charge in [0.1, 0.15) is 6.07 Å². The van der Waals surface area contributed by atoms with Crippen LogP contribution in [0, 0.1) is 22.2 Å². The topological polar surface area (TPSA) is 87.0 Å². The van der Waals surface area contributed by atoms with E-state index in [9.17, 15) is 28.0 Å². The Labute approximate surface area is 153 Å². The number of carbonyl (C=O) groups excluding carboxylic acids is 2. The highest BCUT2D eigenvalue weighted by Crippen LogP contribution is 2.48. The molecule has 1 aliphatic carbocycles. The van der Waals surface area contributed by atoms with Crippen molar-refractivity contribution in [2.24, 2.45) is 10.8 Å². The number of Topliss-reactive ketones (excluding diaryl/α,β-unsaturated/α-hetero) is 1. The van der Waals surface area contributed by atoms with E-state index in [2.05, 4.69) is 9.97 Å². The maximum absolute atomic E-state index is 12.6. The number of hydrogen-bond donors (Lipinski definition) is 0. The van der Waals surface area contributed by atoms with E-state index in [1.807, 2.05) is 6.07 Å². The van der Waals surface area contributed by atoms with E-state index in [4.69, 9.17) is 0 Å². The Kier molecular flexibility index (Phi) is 4.33. The van der Waals surface area contributed by atoms with Gasteiger partial charge in [-0.15, -0.1) is 0 Å². The third-order valence-corrected chi connectivity index (χ3v) is 5.05. The van der Waals surface area contributed by atoms with Gasteiger partial charge in [-0.05, 0) is 12.8 Å². The Morgan fingerprint density at radius 2 is 1.93 bits per heavy atom. The summed E-state index contributed by atoms with van der Waals surface area (Å²) in [4.78, 5) is 32.9. The molecule has 2 aliphatic rings. The van der Waals surface area contributed by atoms with Crippen LogP contribution in [-0.4, -0.2) is 39.6 Å². The number of rotatable bonds is 1. The Balaban J connectivity index is 1.82. The first kappa shape index (κ1) is 19.0. The quantitative estimate of drug-likeness (QED) is 0.750. The number of aromatic nitrogens is 2. The number of hydrogen-bond acceptors (Lipinski definition) is 5. The zero-order valence-electron chi connectivity index (χ0n) is 14.8. The molecule has 1 aromatic heterocycles. The first-order valence-corrected chi connectivity index (χ1v) is 8.34. The van der Waals surface area contributed by atoms with E-state index in [0.29, 0.717) is 19.4 Å². The van der Waals surface area contributed by atoms with Gasteiger partial charge in [-0.25, -0.2) is 9.97 Å². The number of nitriles is 1. The van der Waals surface area contributed by atoms with Crippen LogP contribution in [0.15, 0.2) is 24.0 Å². The highest BCUT2D eigenvalue weighted by Gasteiger charge is 2.49. The Bertz CT molecular complexity index is 868. The van der Waals surface area contributed by atoms with Gasteiger partial charge in [0.2, 0.25) is 5.82 Å². The number of amides is 1. The van der Waals surface area contributed by atoms with Crippen molar-refractivity contribution in [1.82, 2.24) is 14.9 Å². The van der Waals surface area contributed by atoms with Crippen LogP contribution < -0.4 is 0 Å². The number of likely N-dealkylation sites (tertiary alicyclic amines) is 1. The molecule has 1 amide bonds. The summed E-state index contributed by atoms with van der Waals surface area (Å²) in [5.41, 5.74) is -1.14. The summed E-state index contributed by atoms with van der Waals surface area (Å²) in [6.07, 6.45) is -0.212. The van der Waals surface area contributed by atoms with E-state index >= 15 is 0 Å². The Morgan fingerprint density at radius 1 is 1.30 bits per heavy atom. The predicted molar refractivity (Wildman–Crippen MR) is 87.1 cm³/mol. The Morgan fingerprint density at radius 3 is 2.48 bits per heavy atom. The monoisotopic (exact) mass is 378 g/mol. The van der Waals surface area contributed by atoms with Crippen LogP contribution in [0.25, 0.3) is 0 Å². The molecule has 3 rings (SSSR count). The minimum absolute atomic E-state index is 0.0318. The van der Waals surface area contributed by atoms with Crippen LogP contribution >= 0.6 is 0 Å². The van der Waals surface area contributed by atoms with Crippen molar-refractivity contribution in [2.45, 2.75) is 32.9 Å². The summed E-state index contributed by atoms with van der Waals surface area (Å²) in [6, 6.07) is 1.94. The molecule has 142 valence electrons. The average molecular weight is 378 g/mol. The number of alkyl halides is 3. The van der Waals surface area contributed by atoms with Gasteiger partial charge in [0.05, 0.1) is 11.1 Å². The maximum atomic E-state index is 12.6. The first-order valence-electron chi connectivity index (χ1n) is 8.34. The second kappa shape index (κ2) is 6.15. The summed E-state index contributed by atoms with van der Waals surface area (Å²) in [5, 5.41) is 9.25. The van der Waals surface area contributed by atoms with Crippen molar-refractivity contribution in [3.63, 3.8) is 0 Å². The molecular weight excluding hydrogens is 361 g/mol. The number of ketones is 1. The van der Waals surface area contributed by atoms with Crippen molar-refractivity contribution in [3.05, 3.63) is 35.4 Å². The van der Waals surface area contributed by atoms with Crippen LogP contribution in [0.1, 0.15) is 42.9 Å². The third-order valence-electron chi connectivity index (χ3n) is 5.05. The fraction of sp³-hybridized carbons (Fsp3) is 0.500. The maximum Gasteiger partial charge on any atom is 0.451 e. The zero-order chi connectivity index (χ0) is 20.0. The van der Waals surface area contributed by atoms with Gasteiger partial charge in [0.25, 0.3) is 5.91 Å².